The number of nitrogens with zero attached hydrogens (tertiary/aromatic N) is 6. The van der Waals surface area contributed by atoms with Crippen LogP contribution in [-0.4, -0.2) is 79.8 Å². The number of hydrogen-bond acceptors (Lipinski definition) is 17. The van der Waals surface area contributed by atoms with E-state index in [9.17, 15) is 61.6 Å². The van der Waals surface area contributed by atoms with E-state index < -0.39 is 106 Å². The molecule has 0 unspecified atom stereocenters. The van der Waals surface area contributed by atoms with Crippen LogP contribution in [0.1, 0.15) is 20.3 Å². The number of nitrogens with one attached hydrogen (secondary N) is 2. The van der Waals surface area contributed by atoms with Crippen LogP contribution in [0, 0.1) is 6.08 Å². The second-order valence-corrected chi connectivity index (χ2v) is 22.3. The van der Waals surface area contributed by atoms with Crippen molar-refractivity contribution in [3.05, 3.63) is 73.7 Å². The lowest BCUT2D eigenvalue weighted by Gasteiger charge is -2.21. The number of hydrogen-bond donors (Lipinski definition) is 6. The van der Waals surface area contributed by atoms with Gasteiger partial charge in [0.1, 0.15) is 21.2 Å². The van der Waals surface area contributed by atoms with E-state index in [4.69, 9.17) is 0 Å². The van der Waals surface area contributed by atoms with Gasteiger partial charge >= 0.3 is 6.08 Å². The van der Waals surface area contributed by atoms with E-state index >= 15 is 0 Å². The largest absolute Gasteiger partial charge is 0.505 e. The van der Waals surface area contributed by atoms with Crippen LogP contribution in [0.25, 0.3) is 10.8 Å². The van der Waals surface area contributed by atoms with E-state index in [1.54, 1.807) is 6.92 Å². The van der Waals surface area contributed by atoms with Crippen molar-refractivity contribution in [3.63, 3.8) is 0 Å². The second kappa shape index (κ2) is 17.8. The van der Waals surface area contributed by atoms with Crippen molar-refractivity contribution in [3.8, 4) is 5.75 Å². The van der Waals surface area contributed by atoms with Gasteiger partial charge in [-0.25, -0.2) is 8.42 Å². The molecule has 1 heterocycles. The van der Waals surface area contributed by atoms with Crippen molar-refractivity contribution in [1.29, 1.82) is 0 Å². The number of aromatic hydroxyl groups is 1. The summed E-state index contributed by atoms with van der Waals surface area (Å²) >= 11 is 3.67. The van der Waals surface area contributed by atoms with Gasteiger partial charge in [-0.1, -0.05) is 13.0 Å². The number of carbonyl (C=O) groups is 1. The number of anilines is 5. The highest BCUT2D eigenvalue weighted by atomic mass is 127. The molecule has 0 aliphatic carbocycles. The molecule has 21 nitrogen and oxygen atoms in total. The van der Waals surface area contributed by atoms with Crippen LogP contribution in [0.15, 0.2) is 97.5 Å². The molecule has 0 spiro atoms. The van der Waals surface area contributed by atoms with E-state index in [1.165, 1.54) is 36.1 Å². The Kier molecular flexibility index (Phi) is 13.8. The third-order valence-corrected chi connectivity index (χ3v) is 13.4. The molecule has 0 atom stereocenters. The first-order valence-electron chi connectivity index (χ1n) is 16.3. The number of azo groups is 1. The van der Waals surface area contributed by atoms with Crippen molar-refractivity contribution in [2.24, 2.45) is 10.2 Å². The Morgan fingerprint density at radius 1 is 0.833 bits per heavy atom. The van der Waals surface area contributed by atoms with Crippen molar-refractivity contribution < 1.29 is 61.6 Å². The van der Waals surface area contributed by atoms with E-state index in [0.29, 0.717) is 7.65 Å². The van der Waals surface area contributed by atoms with Crippen LogP contribution < -0.4 is 15.5 Å². The Bertz CT molecular complexity index is 3100. The highest BCUT2D eigenvalue weighted by Gasteiger charge is 2.27. The average molecular weight is 1130 g/mol. The molecule has 318 valence electrons. The highest BCUT2D eigenvalue weighted by molar-refractivity contribution is 14.2. The van der Waals surface area contributed by atoms with Gasteiger partial charge < -0.3 is 20.6 Å². The van der Waals surface area contributed by atoms with Crippen molar-refractivity contribution >= 4 is 142 Å². The number of carbonyl (C=O) groups excluding carboxylic acids is 1. The third kappa shape index (κ3) is 10.8. The molecule has 6 N–H and O–H groups in total. The van der Waals surface area contributed by atoms with E-state index in [-0.39, 0.29) is 35.2 Å². The number of aromatic nitrogens is 3. The first kappa shape index (κ1) is 46.5. The van der Waals surface area contributed by atoms with Gasteiger partial charge in [-0.2, -0.15) is 44.6 Å². The van der Waals surface area contributed by atoms with Gasteiger partial charge in [-0.3, -0.25) is 18.5 Å². The summed E-state index contributed by atoms with van der Waals surface area (Å²) in [7, 11) is -19.3. The monoisotopic (exact) mass is 1130 g/mol. The number of phenolic OH excluding ortho intramolecular Hbond substituents is 1. The van der Waals surface area contributed by atoms with Gasteiger partial charge in [0.2, 0.25) is 27.6 Å². The minimum atomic E-state index is -5.37. The van der Waals surface area contributed by atoms with Gasteiger partial charge in [-0.05, 0) is 112 Å². The summed E-state index contributed by atoms with van der Waals surface area (Å²) in [6, 6.07) is 10.5. The van der Waals surface area contributed by atoms with E-state index in [0.717, 1.165) is 35.7 Å². The lowest BCUT2D eigenvalue weighted by molar-refractivity contribution is -0.115. The quantitative estimate of drug-likeness (QED) is 0.0382. The number of amides is 1. The maximum atomic E-state index is 14.9. The van der Waals surface area contributed by atoms with Gasteiger partial charge in [0.25, 0.3) is 30.4 Å². The number of rotatable bonds is 14. The zero-order valence-corrected chi connectivity index (χ0v) is 37.8. The molecule has 0 radical (unpaired) electrons. The number of benzene rings is 4. The second-order valence-electron chi connectivity index (χ2n) is 11.9. The predicted octanol–water partition coefficient (Wildman–Crippen LogP) is 6.72. The Labute approximate surface area is 367 Å². The summed E-state index contributed by atoms with van der Waals surface area (Å²) in [4.78, 5) is 22.1. The summed E-state index contributed by atoms with van der Waals surface area (Å²) in [6.45, 7) is 3.17. The van der Waals surface area contributed by atoms with Crippen molar-refractivity contribution in [1.82, 2.24) is 15.0 Å². The molecule has 5 aromatic rings. The minimum Gasteiger partial charge on any atom is -0.505 e. The number of sulfone groups is 1. The normalized spacial score (nSPS) is 12.4. The molecule has 5 rings (SSSR count). The van der Waals surface area contributed by atoms with Crippen molar-refractivity contribution in [2.75, 3.05) is 22.1 Å². The summed E-state index contributed by atoms with van der Waals surface area (Å²) in [5, 5.41) is 23.8. The summed E-state index contributed by atoms with van der Waals surface area (Å²) in [5.74, 6) is -2.62. The zero-order chi connectivity index (χ0) is 44.5. The van der Waals surface area contributed by atoms with Gasteiger partial charge in [0.05, 0.1) is 22.5 Å². The Morgan fingerprint density at radius 2 is 1.52 bits per heavy atom. The molecular weight excluding hydrogens is 1110 g/mol. The first-order chi connectivity index (χ1) is 27.8. The van der Waals surface area contributed by atoms with Crippen LogP contribution in [0.2, 0.25) is 0 Å². The molecule has 1 amide bonds. The fourth-order valence-corrected chi connectivity index (χ4v) is 10.1. The van der Waals surface area contributed by atoms with Crippen LogP contribution in [0.4, 0.5) is 44.7 Å². The van der Waals surface area contributed by atoms with E-state index in [1.807, 2.05) is 45.2 Å². The summed E-state index contributed by atoms with van der Waals surface area (Å²) in [6.07, 6.45) is -1.47. The van der Waals surface area contributed by atoms with Crippen LogP contribution in [-0.2, 0) is 45.0 Å². The minimum absolute atomic E-state index is 0.0755. The Morgan fingerprint density at radius 3 is 2.12 bits per heavy atom. The molecular formula is C32H27FI2N8O13S4. The topological polar surface area (TPSA) is 325 Å². The average Bonchev–Trinajstić information content (AvgIpc) is 3.12. The zero-order valence-electron chi connectivity index (χ0n) is 30.2. The molecule has 28 heteroatoms. The molecule has 0 saturated heterocycles. The highest BCUT2D eigenvalue weighted by Crippen LogP contribution is 2.46. The van der Waals surface area contributed by atoms with Crippen LogP contribution in [0.5, 0.6) is 5.75 Å². The molecule has 0 saturated carbocycles. The fraction of sp³-hybridized carbons (Fsp3) is 0.125. The first-order valence-corrected chi connectivity index (χ1v) is 24.3. The van der Waals surface area contributed by atoms with Crippen molar-refractivity contribution in [2.45, 2.75) is 39.9 Å². The summed E-state index contributed by atoms with van der Waals surface area (Å²) in [5.41, 5.74) is -2.16. The maximum absolute atomic E-state index is 14.9. The number of halogens is 3. The van der Waals surface area contributed by atoms with Gasteiger partial charge in [0.15, 0.2) is 5.75 Å². The molecule has 0 fully saturated rings. The van der Waals surface area contributed by atoms with Gasteiger partial charge in [-0.15, -0.1) is 10.2 Å². The standard InChI is InChI=1S/C32H27FI2N8O13S4/c1-3-26(44)37-22-14-20(58(48,49)50)10-16-11-24(60(54,55)56)28(29(45)27(16)22)42-41-21-12-17(8-9-23(21)59(51,52)53)36-31-38-30(33)39-32(40-31)43(4-2)18-6-5-7-19(13-18)57(46,47)15-25(34)35/h5-15,45H,3-4H2,1-2H3,(H,37,44)(H,48,49,50)(H,51,52,53)(H,54,55,56)(H,36,38,39,40). The number of phenols is 1. The Hall–Kier alpha value is -4.57. The molecule has 60 heavy (non-hydrogen) atoms. The van der Waals surface area contributed by atoms with E-state index in [2.05, 4.69) is 35.8 Å². The number of fused-ring (bicyclic) bond motifs is 1. The maximum Gasteiger partial charge on any atom is 0.315 e. The lowest BCUT2D eigenvalue weighted by atomic mass is 10.1. The predicted molar refractivity (Wildman–Crippen MR) is 230 cm³/mol. The van der Waals surface area contributed by atoms with Crippen LogP contribution in [0.3, 0.4) is 0 Å². The molecule has 0 aliphatic rings. The lowest BCUT2D eigenvalue weighted by Crippen LogP contribution is -2.21. The SMILES string of the molecule is CCC(=O)Nc1cc(S(=O)(=O)O)cc2cc(S(=O)(=O)O)c(N=Nc3cc(Nc4nc(F)nc(N(CC)c5cccc(S(=O)(=O)C=C(I)I)c5)n4)ccc3S(=O)(=O)O)c(O)c12. The fourth-order valence-electron chi connectivity index (χ4n) is 5.33. The smallest absolute Gasteiger partial charge is 0.315 e. The molecule has 0 aliphatic heterocycles. The summed E-state index contributed by atoms with van der Waals surface area (Å²) < 4.78 is 145. The molecule has 0 bridgehead atoms. The molecule has 1 aromatic heterocycles. The third-order valence-electron chi connectivity index (χ3n) is 7.90. The Balaban J connectivity index is 1.62. The molecule has 4 aromatic carbocycles. The van der Waals surface area contributed by atoms with Crippen LogP contribution >= 0.6 is 45.2 Å². The van der Waals surface area contributed by atoms with Gasteiger partial charge in [0, 0.05) is 29.7 Å².